The van der Waals surface area contributed by atoms with Gasteiger partial charge >= 0.3 is 0 Å². The molecule has 4 atom stereocenters. The molecule has 5 fully saturated rings. The molecule has 3 aliphatic heterocycles. The van der Waals surface area contributed by atoms with Gasteiger partial charge in [0.1, 0.15) is 0 Å². The molecule has 1 aromatic rings. The van der Waals surface area contributed by atoms with Gasteiger partial charge in [-0.3, -0.25) is 4.90 Å². The van der Waals surface area contributed by atoms with E-state index >= 15 is 0 Å². The summed E-state index contributed by atoms with van der Waals surface area (Å²) in [6.45, 7) is 5.53. The standard InChI is InChI=1S/C22H30N2O/c1-15-2-5-17-11-19-22-7-6-20(23,14-25-22)13-21(22,18(17)10-15)8-9-24(19)12-16-3-4-16/h2,5,10,16,19H,3-4,6-9,11-14,23H2,1H3/t19-,20?,21-,22-/m1/s1. The third-order valence-electron chi connectivity index (χ3n) is 8.26. The largest absolute Gasteiger partial charge is 0.371 e. The van der Waals surface area contributed by atoms with Crippen LogP contribution in [0.15, 0.2) is 18.2 Å². The van der Waals surface area contributed by atoms with Gasteiger partial charge in [0, 0.05) is 23.5 Å². The first-order valence-corrected chi connectivity index (χ1v) is 10.3. The molecular weight excluding hydrogens is 308 g/mol. The smallest absolute Gasteiger partial charge is 0.0938 e. The lowest BCUT2D eigenvalue weighted by Gasteiger charge is -2.71. The molecule has 1 spiro atoms. The molecule has 6 aliphatic rings. The Morgan fingerprint density at radius 2 is 2.12 bits per heavy atom. The summed E-state index contributed by atoms with van der Waals surface area (Å²) in [6.07, 6.45) is 8.69. The normalized spacial score (nSPS) is 45.1. The maximum absolute atomic E-state index is 6.81. The first kappa shape index (κ1) is 15.2. The Bertz CT molecular complexity index is 732. The summed E-state index contributed by atoms with van der Waals surface area (Å²) >= 11 is 0. The van der Waals surface area contributed by atoms with Crippen molar-refractivity contribution >= 4 is 0 Å². The second-order valence-corrected chi connectivity index (χ2v) is 9.87. The number of hydrogen-bond donors (Lipinski definition) is 1. The number of rotatable bonds is 2. The molecular formula is C22H30N2O. The fourth-order valence-electron chi connectivity index (χ4n) is 6.91. The molecule has 2 saturated carbocycles. The molecule has 134 valence electrons. The number of aryl methyl sites for hydroxylation is 1. The van der Waals surface area contributed by atoms with E-state index in [0.29, 0.717) is 6.04 Å². The first-order valence-electron chi connectivity index (χ1n) is 10.3. The van der Waals surface area contributed by atoms with Crippen LogP contribution in [0, 0.1) is 12.8 Å². The van der Waals surface area contributed by atoms with E-state index in [4.69, 9.17) is 10.5 Å². The van der Waals surface area contributed by atoms with Gasteiger partial charge < -0.3 is 10.5 Å². The molecule has 3 saturated heterocycles. The summed E-state index contributed by atoms with van der Waals surface area (Å²) in [6, 6.07) is 7.73. The number of likely N-dealkylation sites (tertiary alicyclic amines) is 1. The Morgan fingerprint density at radius 3 is 2.88 bits per heavy atom. The average Bonchev–Trinajstić information content (AvgIpc) is 3.41. The van der Waals surface area contributed by atoms with Crippen molar-refractivity contribution in [2.45, 2.75) is 74.5 Å². The predicted octanol–water partition coefficient (Wildman–Crippen LogP) is 2.92. The van der Waals surface area contributed by atoms with Gasteiger partial charge in [0.25, 0.3) is 0 Å². The van der Waals surface area contributed by atoms with Crippen LogP contribution in [-0.4, -0.2) is 41.8 Å². The van der Waals surface area contributed by atoms with Crippen LogP contribution in [0.4, 0.5) is 0 Å². The van der Waals surface area contributed by atoms with Gasteiger partial charge in [0.15, 0.2) is 0 Å². The summed E-state index contributed by atoms with van der Waals surface area (Å²) in [7, 11) is 0. The Kier molecular flexibility index (Phi) is 2.84. The van der Waals surface area contributed by atoms with Crippen molar-refractivity contribution in [3.63, 3.8) is 0 Å². The van der Waals surface area contributed by atoms with Crippen LogP contribution in [0.25, 0.3) is 0 Å². The SMILES string of the molecule is Cc1ccc2c(c1)[C@]13CCN(CC4CC4)[C@H](C2)[C@]12CCC(N)(CO2)C3. The van der Waals surface area contributed by atoms with Crippen LogP contribution < -0.4 is 5.73 Å². The molecule has 3 nitrogen and oxygen atoms in total. The van der Waals surface area contributed by atoms with Crippen molar-refractivity contribution in [3.8, 4) is 0 Å². The minimum absolute atomic E-state index is 0.0159. The predicted molar refractivity (Wildman–Crippen MR) is 98.7 cm³/mol. The second-order valence-electron chi connectivity index (χ2n) is 9.87. The van der Waals surface area contributed by atoms with E-state index in [9.17, 15) is 0 Å². The summed E-state index contributed by atoms with van der Waals surface area (Å²) in [5.74, 6) is 0.948. The Balaban J connectivity index is 1.53. The number of fused-ring (bicyclic) bond motifs is 3. The minimum Gasteiger partial charge on any atom is -0.371 e. The number of piperidine rings is 1. The van der Waals surface area contributed by atoms with Gasteiger partial charge in [-0.1, -0.05) is 23.8 Å². The van der Waals surface area contributed by atoms with Crippen molar-refractivity contribution in [1.82, 2.24) is 4.90 Å². The number of hydrogen-bond acceptors (Lipinski definition) is 3. The zero-order chi connectivity index (χ0) is 16.9. The van der Waals surface area contributed by atoms with Crippen molar-refractivity contribution in [1.29, 1.82) is 0 Å². The first-order chi connectivity index (χ1) is 12.0. The average molecular weight is 338 g/mol. The quantitative estimate of drug-likeness (QED) is 0.901. The number of nitrogens with zero attached hydrogens (tertiary/aromatic N) is 1. The van der Waals surface area contributed by atoms with E-state index in [-0.39, 0.29) is 16.6 Å². The van der Waals surface area contributed by atoms with Crippen LogP contribution in [0.1, 0.15) is 55.2 Å². The van der Waals surface area contributed by atoms with E-state index in [1.54, 1.807) is 11.1 Å². The summed E-state index contributed by atoms with van der Waals surface area (Å²) < 4.78 is 6.79. The monoisotopic (exact) mass is 338 g/mol. The topological polar surface area (TPSA) is 38.5 Å². The highest BCUT2D eigenvalue weighted by Gasteiger charge is 2.70. The van der Waals surface area contributed by atoms with Gasteiger partial charge in [-0.15, -0.1) is 0 Å². The minimum atomic E-state index is -0.108. The van der Waals surface area contributed by atoms with Crippen LogP contribution in [0.2, 0.25) is 0 Å². The van der Waals surface area contributed by atoms with Gasteiger partial charge in [-0.25, -0.2) is 0 Å². The van der Waals surface area contributed by atoms with Crippen molar-refractivity contribution in [2.24, 2.45) is 11.7 Å². The molecule has 2 N–H and O–H groups in total. The van der Waals surface area contributed by atoms with Crippen LogP contribution in [-0.2, 0) is 16.6 Å². The Hall–Kier alpha value is -0.900. The highest BCUT2D eigenvalue weighted by molar-refractivity contribution is 5.48. The molecule has 7 rings (SSSR count). The van der Waals surface area contributed by atoms with E-state index in [2.05, 4.69) is 30.0 Å². The molecule has 3 heteroatoms. The lowest BCUT2D eigenvalue weighted by atomic mass is 9.45. The zero-order valence-corrected chi connectivity index (χ0v) is 15.4. The van der Waals surface area contributed by atoms with Crippen molar-refractivity contribution in [2.75, 3.05) is 19.7 Å². The molecule has 0 radical (unpaired) electrons. The summed E-state index contributed by atoms with van der Waals surface area (Å²) in [5.41, 5.74) is 11.4. The van der Waals surface area contributed by atoms with Gasteiger partial charge in [-0.05, 0) is 75.5 Å². The molecule has 25 heavy (non-hydrogen) atoms. The van der Waals surface area contributed by atoms with E-state index in [0.717, 1.165) is 31.8 Å². The van der Waals surface area contributed by atoms with Gasteiger partial charge in [0.2, 0.25) is 0 Å². The van der Waals surface area contributed by atoms with Crippen LogP contribution in [0.5, 0.6) is 0 Å². The summed E-state index contributed by atoms with van der Waals surface area (Å²) in [5, 5.41) is 0. The molecule has 4 bridgehead atoms. The van der Waals surface area contributed by atoms with Crippen LogP contribution in [0.3, 0.4) is 0 Å². The molecule has 0 aromatic heterocycles. The Morgan fingerprint density at radius 1 is 1.24 bits per heavy atom. The maximum atomic E-state index is 6.81. The third kappa shape index (κ3) is 1.87. The second kappa shape index (κ2) is 4.68. The highest BCUT2D eigenvalue weighted by Crippen LogP contribution is 2.64. The molecule has 3 heterocycles. The summed E-state index contributed by atoms with van der Waals surface area (Å²) in [4.78, 5) is 2.81. The maximum Gasteiger partial charge on any atom is 0.0938 e. The zero-order valence-electron chi connectivity index (χ0n) is 15.4. The number of nitrogens with two attached hydrogens (primary N) is 1. The third-order valence-corrected chi connectivity index (χ3v) is 8.26. The molecule has 1 aromatic carbocycles. The highest BCUT2D eigenvalue weighted by atomic mass is 16.5. The van der Waals surface area contributed by atoms with Gasteiger partial charge in [-0.2, -0.15) is 0 Å². The van der Waals surface area contributed by atoms with Crippen molar-refractivity contribution < 1.29 is 4.74 Å². The van der Waals surface area contributed by atoms with E-state index < -0.39 is 0 Å². The Labute approximate surface area is 150 Å². The fraction of sp³-hybridized carbons (Fsp3) is 0.727. The number of benzene rings is 1. The molecule has 3 aliphatic carbocycles. The van der Waals surface area contributed by atoms with E-state index in [1.807, 2.05) is 0 Å². The molecule has 1 unspecified atom stereocenters. The fourth-order valence-corrected chi connectivity index (χ4v) is 6.91. The van der Waals surface area contributed by atoms with Crippen molar-refractivity contribution in [3.05, 3.63) is 34.9 Å². The lowest BCUT2D eigenvalue weighted by molar-refractivity contribution is -0.258. The van der Waals surface area contributed by atoms with Crippen LogP contribution >= 0.6 is 0 Å². The lowest BCUT2D eigenvalue weighted by Crippen LogP contribution is -2.80. The van der Waals surface area contributed by atoms with E-state index in [1.165, 1.54) is 44.3 Å². The van der Waals surface area contributed by atoms with Gasteiger partial charge in [0.05, 0.1) is 12.2 Å². The number of ether oxygens (including phenoxy) is 1. The molecule has 0 amide bonds.